The number of esters is 1. The highest BCUT2D eigenvalue weighted by Gasteiger charge is 2.29. The molecule has 0 fully saturated rings. The molecule has 0 amide bonds. The fourth-order valence-corrected chi connectivity index (χ4v) is 3.88. The minimum Gasteiger partial charge on any atom is -0.481 e. The van der Waals surface area contributed by atoms with E-state index in [4.69, 9.17) is 4.74 Å². The van der Waals surface area contributed by atoms with Gasteiger partial charge in [-0.3, -0.25) is 9.59 Å². The Bertz CT molecular complexity index is 476. The molecule has 0 aromatic heterocycles. The quantitative estimate of drug-likeness (QED) is 0.140. The molecule has 0 aromatic rings. The van der Waals surface area contributed by atoms with Crippen molar-refractivity contribution in [2.75, 3.05) is 7.11 Å². The number of hydrogen-bond acceptors (Lipinski definition) is 3. The molecule has 0 heterocycles. The van der Waals surface area contributed by atoms with Crippen LogP contribution >= 0.6 is 0 Å². The number of aliphatic carboxylic acids is 1. The molecule has 30 heavy (non-hydrogen) atoms. The number of carbonyl (C=O) groups excluding carboxylic acids is 1. The van der Waals surface area contributed by atoms with Gasteiger partial charge in [0.25, 0.3) is 0 Å². The molecule has 1 N–H and O–H groups in total. The minimum atomic E-state index is -0.940. The molecule has 4 heteroatoms. The van der Waals surface area contributed by atoms with Crippen LogP contribution in [0.15, 0.2) is 12.2 Å². The topological polar surface area (TPSA) is 63.6 Å². The number of carboxylic acid groups (broad SMARTS) is 1. The summed E-state index contributed by atoms with van der Waals surface area (Å²) < 4.78 is 4.92. The zero-order valence-corrected chi connectivity index (χ0v) is 20.4. The van der Waals surface area contributed by atoms with Gasteiger partial charge in [-0.05, 0) is 37.0 Å². The Morgan fingerprint density at radius 2 is 1.53 bits per heavy atom. The largest absolute Gasteiger partial charge is 0.481 e. The number of carbonyl (C=O) groups is 2. The number of ether oxygens (including phenoxy) is 1. The van der Waals surface area contributed by atoms with E-state index in [-0.39, 0.29) is 12.3 Å². The van der Waals surface area contributed by atoms with Crippen LogP contribution in [0.4, 0.5) is 0 Å². The lowest BCUT2D eigenvalue weighted by atomic mass is 9.84. The van der Waals surface area contributed by atoms with Crippen LogP contribution in [0.2, 0.25) is 0 Å². The van der Waals surface area contributed by atoms with E-state index in [0.717, 1.165) is 32.1 Å². The molecule has 0 saturated carbocycles. The molecule has 0 aliphatic heterocycles. The lowest BCUT2D eigenvalue weighted by Gasteiger charge is -2.22. The Morgan fingerprint density at radius 1 is 0.933 bits per heavy atom. The molecule has 0 aliphatic carbocycles. The summed E-state index contributed by atoms with van der Waals surface area (Å²) in [4.78, 5) is 23.6. The molecule has 0 saturated heterocycles. The lowest BCUT2D eigenvalue weighted by molar-refractivity contribution is -0.152. The predicted octanol–water partition coefficient (Wildman–Crippen LogP) is 7.56. The summed E-state index contributed by atoms with van der Waals surface area (Å²) >= 11 is 0. The standard InChI is InChI=1S/C26H48O4/c1-6-7-8-9-10-11-12-15-18-22(23(21-24(27)28)25(29)30-5)19-16-13-14-17-20-26(2,3)4/h15,18,22-23H,6-14,16-17,19-21H2,1-5H3,(H,27,28)/b18-15+. The van der Waals surface area contributed by atoms with E-state index in [1.54, 1.807) is 0 Å². The lowest BCUT2D eigenvalue weighted by Crippen LogP contribution is -2.26. The number of rotatable bonds is 18. The van der Waals surface area contributed by atoms with Crippen molar-refractivity contribution in [3.8, 4) is 0 Å². The van der Waals surface area contributed by atoms with Crippen LogP contribution in [0.25, 0.3) is 0 Å². The molecule has 176 valence electrons. The summed E-state index contributed by atoms with van der Waals surface area (Å²) in [6.45, 7) is 9.03. The molecule has 0 aliphatic rings. The zero-order chi connectivity index (χ0) is 22.8. The Labute approximate surface area is 185 Å². The fourth-order valence-electron chi connectivity index (χ4n) is 3.88. The maximum absolute atomic E-state index is 12.3. The normalized spacial score (nSPS) is 14.0. The Morgan fingerprint density at radius 3 is 2.13 bits per heavy atom. The first kappa shape index (κ1) is 28.7. The van der Waals surface area contributed by atoms with Gasteiger partial charge in [-0.25, -0.2) is 0 Å². The maximum atomic E-state index is 12.3. The van der Waals surface area contributed by atoms with E-state index in [2.05, 4.69) is 39.8 Å². The van der Waals surface area contributed by atoms with Crippen LogP contribution in [0, 0.1) is 17.3 Å². The number of unbranched alkanes of at least 4 members (excludes halogenated alkanes) is 9. The van der Waals surface area contributed by atoms with Gasteiger partial charge in [0, 0.05) is 0 Å². The zero-order valence-electron chi connectivity index (χ0n) is 20.4. The van der Waals surface area contributed by atoms with Gasteiger partial charge < -0.3 is 9.84 Å². The van der Waals surface area contributed by atoms with Gasteiger partial charge in [-0.1, -0.05) is 97.6 Å². The van der Waals surface area contributed by atoms with Crippen LogP contribution < -0.4 is 0 Å². The molecule has 0 bridgehead atoms. The highest BCUT2D eigenvalue weighted by Crippen LogP contribution is 2.27. The minimum absolute atomic E-state index is 0.0590. The van der Waals surface area contributed by atoms with Gasteiger partial charge in [0.1, 0.15) is 0 Å². The first-order valence-corrected chi connectivity index (χ1v) is 12.2. The molecule has 2 unspecified atom stereocenters. The van der Waals surface area contributed by atoms with E-state index in [1.807, 2.05) is 0 Å². The van der Waals surface area contributed by atoms with Crippen molar-refractivity contribution in [1.29, 1.82) is 0 Å². The average Bonchev–Trinajstić information content (AvgIpc) is 2.67. The van der Waals surface area contributed by atoms with Crippen molar-refractivity contribution in [1.82, 2.24) is 0 Å². The summed E-state index contributed by atoms with van der Waals surface area (Å²) in [6.07, 6.45) is 19.2. The molecule has 0 rings (SSSR count). The van der Waals surface area contributed by atoms with E-state index >= 15 is 0 Å². The van der Waals surface area contributed by atoms with E-state index in [9.17, 15) is 14.7 Å². The number of allylic oxidation sites excluding steroid dienone is 2. The third-order valence-corrected chi connectivity index (χ3v) is 5.74. The van der Waals surface area contributed by atoms with Crippen LogP contribution in [-0.2, 0) is 14.3 Å². The van der Waals surface area contributed by atoms with Crippen molar-refractivity contribution >= 4 is 11.9 Å². The Kier molecular flexibility index (Phi) is 16.6. The number of carboxylic acids is 1. The van der Waals surface area contributed by atoms with Gasteiger partial charge in [-0.15, -0.1) is 0 Å². The molecule has 2 atom stereocenters. The summed E-state index contributed by atoms with van der Waals surface area (Å²) in [7, 11) is 1.35. The molecular formula is C26H48O4. The highest BCUT2D eigenvalue weighted by atomic mass is 16.5. The van der Waals surface area contributed by atoms with Gasteiger partial charge >= 0.3 is 11.9 Å². The molecule has 0 spiro atoms. The third-order valence-electron chi connectivity index (χ3n) is 5.74. The van der Waals surface area contributed by atoms with Crippen LogP contribution in [0.1, 0.15) is 118 Å². The average molecular weight is 425 g/mol. The first-order chi connectivity index (χ1) is 14.2. The van der Waals surface area contributed by atoms with Crippen molar-refractivity contribution in [2.24, 2.45) is 17.3 Å². The van der Waals surface area contributed by atoms with Crippen molar-refractivity contribution < 1.29 is 19.4 Å². The highest BCUT2D eigenvalue weighted by molar-refractivity contribution is 5.79. The number of methoxy groups -OCH3 is 1. The summed E-state index contributed by atoms with van der Waals surface area (Å²) in [5.74, 6) is -2.00. The van der Waals surface area contributed by atoms with Crippen molar-refractivity contribution in [3.05, 3.63) is 12.2 Å². The second-order valence-corrected chi connectivity index (χ2v) is 9.89. The SMILES string of the molecule is CCCCCCCC/C=C/C(CCCCCCC(C)(C)C)C(CC(=O)O)C(=O)OC. The van der Waals surface area contributed by atoms with Crippen molar-refractivity contribution in [3.63, 3.8) is 0 Å². The maximum Gasteiger partial charge on any atom is 0.309 e. The molecule has 4 nitrogen and oxygen atoms in total. The van der Waals surface area contributed by atoms with Crippen molar-refractivity contribution in [2.45, 2.75) is 118 Å². The molecule has 0 aromatic carbocycles. The second-order valence-electron chi connectivity index (χ2n) is 9.89. The monoisotopic (exact) mass is 424 g/mol. The van der Waals surface area contributed by atoms with E-state index in [1.165, 1.54) is 58.5 Å². The van der Waals surface area contributed by atoms with Gasteiger partial charge in [-0.2, -0.15) is 0 Å². The van der Waals surface area contributed by atoms with Crippen LogP contribution in [-0.4, -0.2) is 24.2 Å². The summed E-state index contributed by atoms with van der Waals surface area (Å²) in [6, 6.07) is 0. The Hall–Kier alpha value is -1.32. The smallest absolute Gasteiger partial charge is 0.309 e. The fraction of sp³-hybridized carbons (Fsp3) is 0.846. The molecular weight excluding hydrogens is 376 g/mol. The predicted molar refractivity (Wildman–Crippen MR) is 126 cm³/mol. The summed E-state index contributed by atoms with van der Waals surface area (Å²) in [5, 5.41) is 9.28. The summed E-state index contributed by atoms with van der Waals surface area (Å²) in [5.41, 5.74) is 0.374. The third kappa shape index (κ3) is 16.5. The van der Waals surface area contributed by atoms with E-state index in [0.29, 0.717) is 5.41 Å². The van der Waals surface area contributed by atoms with E-state index < -0.39 is 17.9 Å². The van der Waals surface area contributed by atoms with Crippen LogP contribution in [0.3, 0.4) is 0 Å². The Balaban J connectivity index is 4.64. The van der Waals surface area contributed by atoms with Gasteiger partial charge in [0.2, 0.25) is 0 Å². The second kappa shape index (κ2) is 17.4. The van der Waals surface area contributed by atoms with Crippen LogP contribution in [0.5, 0.6) is 0 Å². The number of hydrogen-bond donors (Lipinski definition) is 1. The van der Waals surface area contributed by atoms with Gasteiger partial charge in [0.05, 0.1) is 19.4 Å². The molecule has 0 radical (unpaired) electrons. The van der Waals surface area contributed by atoms with Gasteiger partial charge in [0.15, 0.2) is 0 Å². The first-order valence-electron chi connectivity index (χ1n) is 12.2.